The second kappa shape index (κ2) is 9.06. The average Bonchev–Trinajstić information content (AvgIpc) is 2.62. The van der Waals surface area contributed by atoms with Crippen molar-refractivity contribution in [2.75, 3.05) is 12.4 Å². The highest BCUT2D eigenvalue weighted by molar-refractivity contribution is 8.00. The molecule has 1 fully saturated rings. The van der Waals surface area contributed by atoms with Gasteiger partial charge in [-0.25, -0.2) is 0 Å². The molecule has 0 saturated carbocycles. The molecule has 0 radical (unpaired) electrons. The standard InChI is InChI=1S/C16H21N3O8S/c1-7(20)27-5-8-6-28-14-11(13(22)19(14)12(8)16(25)26)18-10(21)4-2-3-9(17)15(23)24/h9,11,14H,2-6,17H2,1H3,(H,18,21)(H,23,24)(H,25,26)/p-1/t9-,11-,14-/m1/s1. The summed E-state index contributed by atoms with van der Waals surface area (Å²) in [6.45, 7) is 0.923. The van der Waals surface area contributed by atoms with E-state index in [4.69, 9.17) is 4.74 Å². The quantitative estimate of drug-likeness (QED) is 0.277. The largest absolute Gasteiger partial charge is 0.544 e. The zero-order valence-corrected chi connectivity index (χ0v) is 15.9. The third-order valence-electron chi connectivity index (χ3n) is 4.30. The van der Waals surface area contributed by atoms with Crippen molar-refractivity contribution in [2.24, 2.45) is 0 Å². The van der Waals surface area contributed by atoms with E-state index in [-0.39, 0.29) is 42.9 Å². The number of rotatable bonds is 9. The van der Waals surface area contributed by atoms with Crippen LogP contribution in [0.15, 0.2) is 11.3 Å². The van der Waals surface area contributed by atoms with Gasteiger partial charge >= 0.3 is 5.97 Å². The number of carboxylic acids is 2. The van der Waals surface area contributed by atoms with E-state index >= 15 is 0 Å². The fourth-order valence-corrected chi connectivity index (χ4v) is 4.17. The number of nitrogens with zero attached hydrogens (tertiary/aromatic N) is 1. The Labute approximate surface area is 164 Å². The third-order valence-corrected chi connectivity index (χ3v) is 5.64. The number of amides is 2. The number of aliphatic carboxylic acids is 2. The predicted molar refractivity (Wildman–Crippen MR) is 89.2 cm³/mol. The molecule has 2 heterocycles. The van der Waals surface area contributed by atoms with Gasteiger partial charge in [0, 0.05) is 31.1 Å². The second-order valence-electron chi connectivity index (χ2n) is 6.38. The Balaban J connectivity index is 1.96. The maximum Gasteiger partial charge on any atom is 0.302 e. The fraction of sp³-hybridized carbons (Fsp3) is 0.562. The number of ether oxygens (including phenoxy) is 1. The summed E-state index contributed by atoms with van der Waals surface area (Å²) in [5, 5.41) is 24.0. The number of thioether (sulfide) groups is 1. The molecule has 3 atom stereocenters. The number of hydrogen-bond donors (Lipinski definition) is 2. The molecule has 0 aliphatic carbocycles. The van der Waals surface area contributed by atoms with Crippen molar-refractivity contribution in [1.82, 2.24) is 10.2 Å². The van der Waals surface area contributed by atoms with Crippen LogP contribution in [-0.4, -0.2) is 64.4 Å². The van der Waals surface area contributed by atoms with Crippen LogP contribution in [0.25, 0.3) is 0 Å². The lowest BCUT2D eigenvalue weighted by molar-refractivity contribution is -0.438. The first kappa shape index (κ1) is 21.7. The topological polar surface area (TPSA) is 184 Å². The zero-order chi connectivity index (χ0) is 21.0. The highest BCUT2D eigenvalue weighted by Gasteiger charge is 2.52. The summed E-state index contributed by atoms with van der Waals surface area (Å²) in [4.78, 5) is 58.4. The Morgan fingerprint density at radius 3 is 2.61 bits per heavy atom. The normalized spacial score (nSPS) is 22.1. The lowest BCUT2D eigenvalue weighted by Gasteiger charge is -2.50. The molecule has 2 rings (SSSR count). The van der Waals surface area contributed by atoms with Crippen molar-refractivity contribution < 1.29 is 44.7 Å². The monoisotopic (exact) mass is 414 g/mol. The highest BCUT2D eigenvalue weighted by Crippen LogP contribution is 2.40. The molecule has 154 valence electrons. The van der Waals surface area contributed by atoms with E-state index in [9.17, 15) is 34.2 Å². The number of carbonyl (C=O) groups is 5. The molecule has 2 aliphatic heterocycles. The van der Waals surface area contributed by atoms with Gasteiger partial charge in [0.2, 0.25) is 5.91 Å². The summed E-state index contributed by atoms with van der Waals surface area (Å²) in [7, 11) is 0. The van der Waals surface area contributed by atoms with E-state index in [1.807, 2.05) is 0 Å². The zero-order valence-electron chi connectivity index (χ0n) is 15.1. The first-order valence-electron chi connectivity index (χ1n) is 8.48. The summed E-state index contributed by atoms with van der Waals surface area (Å²) in [5.74, 6) is -4.29. The maximum atomic E-state index is 12.4. The summed E-state index contributed by atoms with van der Waals surface area (Å²) in [6.07, 6.45) is 0.421. The first-order chi connectivity index (χ1) is 13.1. The van der Waals surface area contributed by atoms with Gasteiger partial charge in [-0.15, -0.1) is 11.8 Å². The summed E-state index contributed by atoms with van der Waals surface area (Å²) < 4.78 is 4.82. The molecule has 0 bridgehead atoms. The number of esters is 1. The van der Waals surface area contributed by atoms with Crippen molar-refractivity contribution in [3.05, 3.63) is 11.3 Å². The molecule has 2 amide bonds. The van der Waals surface area contributed by atoms with Crippen molar-refractivity contribution in [3.8, 4) is 0 Å². The van der Waals surface area contributed by atoms with Crippen LogP contribution >= 0.6 is 11.8 Å². The van der Waals surface area contributed by atoms with E-state index in [2.05, 4.69) is 11.1 Å². The lowest BCUT2D eigenvalue weighted by Crippen LogP contribution is -2.71. The van der Waals surface area contributed by atoms with Gasteiger partial charge in [0.05, 0.1) is 17.6 Å². The fourth-order valence-electron chi connectivity index (χ4n) is 2.84. The highest BCUT2D eigenvalue weighted by atomic mass is 32.2. The molecule has 0 aromatic rings. The van der Waals surface area contributed by atoms with Crippen molar-refractivity contribution in [2.45, 2.75) is 43.6 Å². The van der Waals surface area contributed by atoms with Crippen LogP contribution in [0.2, 0.25) is 0 Å². The number of carbonyl (C=O) groups excluding carboxylic acids is 5. The van der Waals surface area contributed by atoms with Crippen LogP contribution in [0.3, 0.4) is 0 Å². The predicted octanol–water partition coefficient (Wildman–Crippen LogP) is -4.52. The van der Waals surface area contributed by atoms with E-state index in [0.29, 0.717) is 0 Å². The molecule has 0 spiro atoms. The van der Waals surface area contributed by atoms with E-state index in [1.165, 1.54) is 18.7 Å². The molecule has 0 unspecified atom stereocenters. The van der Waals surface area contributed by atoms with E-state index < -0.39 is 47.2 Å². The molecule has 4 N–H and O–H groups in total. The minimum Gasteiger partial charge on any atom is -0.544 e. The van der Waals surface area contributed by atoms with Crippen LogP contribution in [0.1, 0.15) is 26.2 Å². The first-order valence-corrected chi connectivity index (χ1v) is 9.53. The van der Waals surface area contributed by atoms with Crippen LogP contribution in [0.5, 0.6) is 0 Å². The molecule has 0 aromatic heterocycles. The van der Waals surface area contributed by atoms with Crippen molar-refractivity contribution in [3.63, 3.8) is 0 Å². The van der Waals surface area contributed by atoms with Gasteiger partial charge in [-0.3, -0.25) is 19.3 Å². The molecular weight excluding hydrogens is 394 g/mol. The Hall–Kier alpha value is -2.60. The Bertz CT molecular complexity index is 737. The SMILES string of the molecule is CC(=O)OCC1=C(C(=O)[O-])N2C(=O)[C@@H](NC(=O)CCC[C@@H]([NH3+])C(=O)[O-])[C@H]2SC1. The van der Waals surface area contributed by atoms with Crippen LogP contribution in [0, 0.1) is 0 Å². The summed E-state index contributed by atoms with van der Waals surface area (Å²) in [6, 6.07) is -1.81. The molecule has 2 aliphatic rings. The second-order valence-corrected chi connectivity index (χ2v) is 7.49. The molecule has 1 saturated heterocycles. The number of β-lactam (4-membered cyclic amide) rings is 1. The number of hydrogen-bond acceptors (Lipinski definition) is 9. The average molecular weight is 414 g/mol. The maximum absolute atomic E-state index is 12.4. The van der Waals surface area contributed by atoms with Crippen molar-refractivity contribution >= 4 is 41.5 Å². The number of fused-ring (bicyclic) bond motifs is 1. The number of carboxylic acid groups (broad SMARTS) is 2. The minimum atomic E-state index is -1.56. The summed E-state index contributed by atoms with van der Waals surface area (Å²) in [5.41, 5.74) is 3.30. The van der Waals surface area contributed by atoms with Crippen LogP contribution in [-0.2, 0) is 28.7 Å². The van der Waals surface area contributed by atoms with Gasteiger partial charge in [0.25, 0.3) is 5.91 Å². The van der Waals surface area contributed by atoms with Gasteiger partial charge in [0.15, 0.2) is 0 Å². The minimum absolute atomic E-state index is 0.00134. The van der Waals surface area contributed by atoms with E-state index in [1.54, 1.807) is 0 Å². The van der Waals surface area contributed by atoms with Gasteiger partial charge in [-0.05, 0) is 6.42 Å². The van der Waals surface area contributed by atoms with Gasteiger partial charge < -0.3 is 35.6 Å². The van der Waals surface area contributed by atoms with Gasteiger partial charge in [-0.2, -0.15) is 0 Å². The van der Waals surface area contributed by atoms with Gasteiger partial charge in [0.1, 0.15) is 24.1 Å². The Morgan fingerprint density at radius 1 is 1.36 bits per heavy atom. The smallest absolute Gasteiger partial charge is 0.302 e. The summed E-state index contributed by atoms with van der Waals surface area (Å²) >= 11 is 1.23. The van der Waals surface area contributed by atoms with Gasteiger partial charge in [-0.1, -0.05) is 0 Å². The van der Waals surface area contributed by atoms with Crippen molar-refractivity contribution in [1.29, 1.82) is 0 Å². The Kier molecular flexibility index (Phi) is 7.02. The number of quaternary nitrogens is 1. The molecular formula is C16H20N3O8S-. The molecule has 12 heteroatoms. The third kappa shape index (κ3) is 4.81. The Morgan fingerprint density at radius 2 is 2.04 bits per heavy atom. The van der Waals surface area contributed by atoms with Crippen LogP contribution < -0.4 is 21.3 Å². The van der Waals surface area contributed by atoms with E-state index in [0.717, 1.165) is 4.90 Å². The number of nitrogens with one attached hydrogen (secondary N) is 1. The van der Waals surface area contributed by atoms with Crippen LogP contribution in [0.4, 0.5) is 0 Å². The lowest BCUT2D eigenvalue weighted by atomic mass is 10.0. The molecule has 11 nitrogen and oxygen atoms in total. The molecule has 28 heavy (non-hydrogen) atoms. The molecule has 0 aromatic carbocycles.